The van der Waals surface area contributed by atoms with Crippen LogP contribution in [0.3, 0.4) is 0 Å². The van der Waals surface area contributed by atoms with Gasteiger partial charge in [-0.3, -0.25) is 4.79 Å². The molecule has 0 spiro atoms. The number of nitrogens with zero attached hydrogens (tertiary/aromatic N) is 3. The second-order valence-corrected chi connectivity index (χ2v) is 4.53. The van der Waals surface area contributed by atoms with Gasteiger partial charge >= 0.3 is 0 Å². The van der Waals surface area contributed by atoms with Gasteiger partial charge in [0.2, 0.25) is 11.2 Å². The molecule has 2 aromatic rings. The molecular weight excluding hydrogens is 252 g/mol. The van der Waals surface area contributed by atoms with Crippen LogP contribution in [0, 0.1) is 0 Å². The molecule has 1 N–H and O–H groups in total. The van der Waals surface area contributed by atoms with E-state index in [0.29, 0.717) is 6.42 Å². The van der Waals surface area contributed by atoms with Gasteiger partial charge in [0.1, 0.15) is 12.4 Å². The summed E-state index contributed by atoms with van der Waals surface area (Å²) < 4.78 is 1.52. The highest BCUT2D eigenvalue weighted by Crippen LogP contribution is 2.26. The minimum Gasteiger partial charge on any atom is -0.324 e. The first-order valence-electron chi connectivity index (χ1n) is 5.69. The lowest BCUT2D eigenvalue weighted by Gasteiger charge is -2.12. The van der Waals surface area contributed by atoms with Crippen molar-refractivity contribution in [1.82, 2.24) is 14.8 Å². The molecule has 0 aliphatic carbocycles. The smallest absolute Gasteiger partial charge is 0.249 e. The van der Waals surface area contributed by atoms with Gasteiger partial charge in [-0.25, -0.2) is 9.67 Å². The molecule has 1 aliphatic heterocycles. The number of aromatic nitrogens is 3. The molecule has 0 unspecified atom stereocenters. The van der Waals surface area contributed by atoms with Crippen molar-refractivity contribution in [3.8, 4) is 0 Å². The second-order valence-electron chi connectivity index (χ2n) is 4.19. The summed E-state index contributed by atoms with van der Waals surface area (Å²) in [6.45, 7) is 0. The number of hydrogen-bond donors (Lipinski definition) is 1. The quantitative estimate of drug-likeness (QED) is 0.856. The van der Waals surface area contributed by atoms with Crippen molar-refractivity contribution < 1.29 is 4.79 Å². The van der Waals surface area contributed by atoms with Crippen LogP contribution in [0.1, 0.15) is 18.0 Å². The number of aryl methyl sites for hydroxylation is 1. The molecule has 6 heteroatoms. The number of anilines is 1. The maximum atomic E-state index is 12.1. The molecule has 1 aromatic carbocycles. The van der Waals surface area contributed by atoms with Crippen LogP contribution in [-0.4, -0.2) is 20.7 Å². The van der Waals surface area contributed by atoms with Crippen molar-refractivity contribution in [1.29, 1.82) is 0 Å². The van der Waals surface area contributed by atoms with Crippen molar-refractivity contribution in [2.45, 2.75) is 18.9 Å². The Hall–Kier alpha value is -1.88. The number of nitrogens with one attached hydrogen (secondary N) is 1. The van der Waals surface area contributed by atoms with Crippen LogP contribution in [0.15, 0.2) is 30.6 Å². The Kier molecular flexibility index (Phi) is 2.76. The average molecular weight is 263 g/mol. The van der Waals surface area contributed by atoms with E-state index in [1.165, 1.54) is 11.0 Å². The zero-order valence-electron chi connectivity index (χ0n) is 9.51. The Labute approximate surface area is 109 Å². The minimum atomic E-state index is -0.364. The maximum absolute atomic E-state index is 12.1. The second kappa shape index (κ2) is 4.42. The zero-order valence-corrected chi connectivity index (χ0v) is 10.3. The van der Waals surface area contributed by atoms with E-state index in [1.54, 1.807) is 0 Å². The van der Waals surface area contributed by atoms with Crippen molar-refractivity contribution in [2.75, 3.05) is 5.32 Å². The third-order valence-corrected chi connectivity index (χ3v) is 3.24. The van der Waals surface area contributed by atoms with Crippen molar-refractivity contribution in [2.24, 2.45) is 0 Å². The van der Waals surface area contributed by atoms with E-state index in [0.717, 1.165) is 17.7 Å². The number of carbonyl (C=O) groups excluding carboxylic acids is 1. The van der Waals surface area contributed by atoms with Crippen molar-refractivity contribution in [3.63, 3.8) is 0 Å². The predicted octanol–water partition coefficient (Wildman–Crippen LogP) is 2.06. The molecular formula is C12H11ClN4O. The normalized spacial score (nSPS) is 18.9. The molecule has 0 bridgehead atoms. The number of rotatable bonds is 1. The lowest BCUT2D eigenvalue weighted by Crippen LogP contribution is -2.25. The van der Waals surface area contributed by atoms with Gasteiger partial charge in [-0.2, -0.15) is 0 Å². The van der Waals surface area contributed by atoms with E-state index in [2.05, 4.69) is 15.4 Å². The van der Waals surface area contributed by atoms with Crippen LogP contribution >= 0.6 is 11.6 Å². The van der Waals surface area contributed by atoms with Crippen LogP contribution in [0.2, 0.25) is 5.28 Å². The molecule has 0 fully saturated rings. The third kappa shape index (κ3) is 1.97. The number of carbonyl (C=O) groups is 1. The standard InChI is InChI=1S/C12H11ClN4O/c13-12-14-7-17(16-12)10-6-5-8-3-1-2-4-9(8)15-11(10)18/h1-4,7,10H,5-6H2,(H,15,18)/t10-/m0/s1. The highest BCUT2D eigenvalue weighted by atomic mass is 35.5. The SMILES string of the molecule is O=C1Nc2ccccc2CC[C@@H]1n1cnc(Cl)n1. The number of halogens is 1. The predicted molar refractivity (Wildman–Crippen MR) is 67.5 cm³/mol. The van der Waals surface area contributed by atoms with E-state index >= 15 is 0 Å². The molecule has 1 amide bonds. The highest BCUT2D eigenvalue weighted by Gasteiger charge is 2.25. The summed E-state index contributed by atoms with van der Waals surface area (Å²) in [4.78, 5) is 16.0. The monoisotopic (exact) mass is 262 g/mol. The number of hydrogen-bond acceptors (Lipinski definition) is 3. The Morgan fingerprint density at radius 2 is 2.22 bits per heavy atom. The minimum absolute atomic E-state index is 0.0819. The van der Waals surface area contributed by atoms with Crippen LogP contribution < -0.4 is 5.32 Å². The molecule has 2 heterocycles. The van der Waals surface area contributed by atoms with E-state index in [4.69, 9.17) is 11.6 Å². The average Bonchev–Trinajstić information content (AvgIpc) is 2.70. The summed E-state index contributed by atoms with van der Waals surface area (Å²) in [5.74, 6) is -0.0819. The summed E-state index contributed by atoms with van der Waals surface area (Å²) in [5.41, 5.74) is 2.01. The van der Waals surface area contributed by atoms with Gasteiger partial charge in [-0.15, -0.1) is 5.10 Å². The molecule has 1 atom stereocenters. The third-order valence-electron chi connectivity index (χ3n) is 3.06. The molecule has 1 aromatic heterocycles. The molecule has 5 nitrogen and oxygen atoms in total. The first-order chi connectivity index (χ1) is 8.74. The summed E-state index contributed by atoms with van der Waals surface area (Å²) in [5, 5.41) is 7.07. The van der Waals surface area contributed by atoms with Gasteiger partial charge in [-0.05, 0) is 36.1 Å². The fourth-order valence-corrected chi connectivity index (χ4v) is 2.29. The molecule has 18 heavy (non-hydrogen) atoms. The summed E-state index contributed by atoms with van der Waals surface area (Å²) in [7, 11) is 0. The Bertz CT molecular complexity index is 595. The van der Waals surface area contributed by atoms with Crippen LogP contribution in [0.4, 0.5) is 5.69 Å². The number of benzene rings is 1. The largest absolute Gasteiger partial charge is 0.324 e. The van der Waals surface area contributed by atoms with Gasteiger partial charge in [-0.1, -0.05) is 18.2 Å². The lowest BCUT2D eigenvalue weighted by molar-refractivity contribution is -0.119. The molecule has 0 radical (unpaired) electrons. The van der Waals surface area contributed by atoms with Gasteiger partial charge < -0.3 is 5.32 Å². The highest BCUT2D eigenvalue weighted by molar-refractivity contribution is 6.28. The first kappa shape index (κ1) is 11.2. The van der Waals surface area contributed by atoms with Gasteiger partial charge in [0.25, 0.3) is 0 Å². The topological polar surface area (TPSA) is 59.8 Å². The number of amides is 1. The fraction of sp³-hybridized carbons (Fsp3) is 0.250. The van der Waals surface area contributed by atoms with Gasteiger partial charge in [0.05, 0.1) is 0 Å². The number of para-hydroxylation sites is 1. The maximum Gasteiger partial charge on any atom is 0.249 e. The van der Waals surface area contributed by atoms with E-state index in [1.807, 2.05) is 24.3 Å². The fourth-order valence-electron chi connectivity index (χ4n) is 2.16. The van der Waals surface area contributed by atoms with Crippen LogP contribution in [-0.2, 0) is 11.2 Å². The molecule has 92 valence electrons. The zero-order chi connectivity index (χ0) is 12.5. The molecule has 0 saturated carbocycles. The summed E-state index contributed by atoms with van der Waals surface area (Å²) >= 11 is 5.68. The Morgan fingerprint density at radius 1 is 1.39 bits per heavy atom. The Morgan fingerprint density at radius 3 is 3.00 bits per heavy atom. The van der Waals surface area contributed by atoms with Crippen molar-refractivity contribution >= 4 is 23.2 Å². The lowest BCUT2D eigenvalue weighted by atomic mass is 10.1. The molecule has 0 saturated heterocycles. The van der Waals surface area contributed by atoms with Crippen molar-refractivity contribution in [3.05, 3.63) is 41.4 Å². The molecule has 1 aliphatic rings. The van der Waals surface area contributed by atoms with E-state index in [-0.39, 0.29) is 17.2 Å². The number of fused-ring (bicyclic) bond motifs is 1. The first-order valence-corrected chi connectivity index (χ1v) is 6.07. The van der Waals surface area contributed by atoms with E-state index < -0.39 is 0 Å². The van der Waals surface area contributed by atoms with Crippen LogP contribution in [0.5, 0.6) is 0 Å². The van der Waals surface area contributed by atoms with E-state index in [9.17, 15) is 4.79 Å². The summed E-state index contributed by atoms with van der Waals surface area (Å²) in [6, 6.07) is 7.44. The Balaban J connectivity index is 1.91. The molecule has 3 rings (SSSR count). The summed E-state index contributed by atoms with van der Waals surface area (Å²) in [6.07, 6.45) is 2.99. The van der Waals surface area contributed by atoms with Gasteiger partial charge in [0, 0.05) is 5.69 Å². The van der Waals surface area contributed by atoms with Crippen LogP contribution in [0.25, 0.3) is 0 Å². The van der Waals surface area contributed by atoms with Gasteiger partial charge in [0.15, 0.2) is 0 Å².